The predicted octanol–water partition coefficient (Wildman–Crippen LogP) is 2.98. The quantitative estimate of drug-likeness (QED) is 0.783. The van der Waals surface area contributed by atoms with Gasteiger partial charge in [0, 0.05) is 11.6 Å². The highest BCUT2D eigenvalue weighted by atomic mass is 16.5. The first-order valence-electron chi connectivity index (χ1n) is 6.79. The Morgan fingerprint density at radius 2 is 1.89 bits per heavy atom. The standard InChI is InChI=1S/C16H22N2O/c1-19-15-10-9-12-6-2-3-7-13(12)16(15)14(18)8-4-5-11-17/h2-3,6-7,9-10,14H,4-5,8,11,17-18H2,1H3/t14-/m0/s1. The zero-order valence-electron chi connectivity index (χ0n) is 11.4. The Morgan fingerprint density at radius 3 is 2.63 bits per heavy atom. The van der Waals surface area contributed by atoms with Crippen LogP contribution in [0.15, 0.2) is 36.4 Å². The van der Waals surface area contributed by atoms with Gasteiger partial charge in [-0.2, -0.15) is 0 Å². The Bertz CT molecular complexity index is 539. The van der Waals surface area contributed by atoms with Crippen LogP contribution in [0.3, 0.4) is 0 Å². The topological polar surface area (TPSA) is 61.3 Å². The molecule has 0 aliphatic rings. The van der Waals surface area contributed by atoms with Crippen LogP contribution in [0.5, 0.6) is 5.75 Å². The zero-order chi connectivity index (χ0) is 13.7. The number of unbranched alkanes of at least 4 members (excludes halogenated alkanes) is 1. The summed E-state index contributed by atoms with van der Waals surface area (Å²) in [5.74, 6) is 0.874. The molecule has 3 heteroatoms. The van der Waals surface area contributed by atoms with Crippen LogP contribution in [0.1, 0.15) is 30.9 Å². The van der Waals surface area contributed by atoms with Crippen molar-refractivity contribution in [1.82, 2.24) is 0 Å². The maximum absolute atomic E-state index is 6.36. The highest BCUT2D eigenvalue weighted by Gasteiger charge is 2.15. The summed E-state index contributed by atoms with van der Waals surface area (Å²) in [5.41, 5.74) is 13.0. The van der Waals surface area contributed by atoms with Crippen LogP contribution in [0.2, 0.25) is 0 Å². The fraction of sp³-hybridized carbons (Fsp3) is 0.375. The highest BCUT2D eigenvalue weighted by Crippen LogP contribution is 2.33. The first kappa shape index (κ1) is 13.8. The van der Waals surface area contributed by atoms with E-state index in [1.54, 1.807) is 7.11 Å². The molecular formula is C16H22N2O. The Kier molecular flexibility index (Phi) is 4.77. The average molecular weight is 258 g/mol. The lowest BCUT2D eigenvalue weighted by molar-refractivity contribution is 0.404. The molecule has 0 aliphatic carbocycles. The van der Waals surface area contributed by atoms with Crippen molar-refractivity contribution >= 4 is 10.8 Å². The van der Waals surface area contributed by atoms with Gasteiger partial charge in [0.25, 0.3) is 0 Å². The van der Waals surface area contributed by atoms with Crippen molar-refractivity contribution in [3.8, 4) is 5.75 Å². The Morgan fingerprint density at radius 1 is 1.11 bits per heavy atom. The lowest BCUT2D eigenvalue weighted by Gasteiger charge is -2.18. The van der Waals surface area contributed by atoms with Crippen LogP contribution >= 0.6 is 0 Å². The normalized spacial score (nSPS) is 12.6. The van der Waals surface area contributed by atoms with E-state index in [-0.39, 0.29) is 6.04 Å². The molecule has 19 heavy (non-hydrogen) atoms. The second kappa shape index (κ2) is 6.55. The van der Waals surface area contributed by atoms with Gasteiger partial charge in [0.05, 0.1) is 7.11 Å². The molecule has 0 radical (unpaired) electrons. The van der Waals surface area contributed by atoms with Crippen LogP contribution in [-0.4, -0.2) is 13.7 Å². The molecule has 0 unspecified atom stereocenters. The summed E-state index contributed by atoms with van der Waals surface area (Å²) in [7, 11) is 1.69. The fourth-order valence-corrected chi connectivity index (χ4v) is 2.49. The molecule has 0 fully saturated rings. The molecule has 0 amide bonds. The molecule has 2 aromatic carbocycles. The molecule has 0 saturated heterocycles. The van der Waals surface area contributed by atoms with Gasteiger partial charge in [0.2, 0.25) is 0 Å². The van der Waals surface area contributed by atoms with Gasteiger partial charge in [-0.05, 0) is 36.2 Å². The van der Waals surface area contributed by atoms with Crippen molar-refractivity contribution in [2.45, 2.75) is 25.3 Å². The van der Waals surface area contributed by atoms with E-state index in [9.17, 15) is 0 Å². The van der Waals surface area contributed by atoms with Gasteiger partial charge < -0.3 is 16.2 Å². The van der Waals surface area contributed by atoms with E-state index in [4.69, 9.17) is 16.2 Å². The van der Waals surface area contributed by atoms with E-state index in [1.807, 2.05) is 18.2 Å². The maximum atomic E-state index is 6.36. The summed E-state index contributed by atoms with van der Waals surface area (Å²) >= 11 is 0. The number of benzene rings is 2. The second-order valence-electron chi connectivity index (χ2n) is 4.79. The Labute approximate surface area is 114 Å². The van der Waals surface area contributed by atoms with Crippen LogP contribution in [-0.2, 0) is 0 Å². The van der Waals surface area contributed by atoms with Crippen molar-refractivity contribution in [1.29, 1.82) is 0 Å². The van der Waals surface area contributed by atoms with Gasteiger partial charge in [-0.1, -0.05) is 36.8 Å². The molecule has 2 aromatic rings. The number of hydrogen-bond donors (Lipinski definition) is 2. The van der Waals surface area contributed by atoms with E-state index in [0.29, 0.717) is 0 Å². The van der Waals surface area contributed by atoms with Gasteiger partial charge in [0.15, 0.2) is 0 Å². The van der Waals surface area contributed by atoms with Crippen LogP contribution in [0.4, 0.5) is 0 Å². The molecule has 4 N–H and O–H groups in total. The molecule has 102 valence electrons. The zero-order valence-corrected chi connectivity index (χ0v) is 11.4. The molecule has 1 atom stereocenters. The molecule has 0 saturated carbocycles. The van der Waals surface area contributed by atoms with Gasteiger partial charge in [-0.15, -0.1) is 0 Å². The maximum Gasteiger partial charge on any atom is 0.124 e. The third-order valence-electron chi connectivity index (χ3n) is 3.49. The summed E-state index contributed by atoms with van der Waals surface area (Å²) in [4.78, 5) is 0. The minimum absolute atomic E-state index is 0.00685. The summed E-state index contributed by atoms with van der Waals surface area (Å²) in [6.07, 6.45) is 2.99. The van der Waals surface area contributed by atoms with E-state index in [0.717, 1.165) is 37.1 Å². The summed E-state index contributed by atoms with van der Waals surface area (Å²) in [6.45, 7) is 0.722. The monoisotopic (exact) mass is 258 g/mol. The summed E-state index contributed by atoms with van der Waals surface area (Å²) in [5, 5.41) is 2.38. The summed E-state index contributed by atoms with van der Waals surface area (Å²) in [6, 6.07) is 12.4. The largest absolute Gasteiger partial charge is 0.496 e. The number of ether oxygens (including phenoxy) is 1. The Hall–Kier alpha value is -1.58. The summed E-state index contributed by atoms with van der Waals surface area (Å²) < 4.78 is 5.48. The predicted molar refractivity (Wildman–Crippen MR) is 80.3 cm³/mol. The minimum atomic E-state index is -0.00685. The number of nitrogens with two attached hydrogens (primary N) is 2. The third-order valence-corrected chi connectivity index (χ3v) is 3.49. The number of methoxy groups -OCH3 is 1. The van der Waals surface area contributed by atoms with Crippen molar-refractivity contribution < 1.29 is 4.74 Å². The molecular weight excluding hydrogens is 236 g/mol. The fourth-order valence-electron chi connectivity index (χ4n) is 2.49. The van der Waals surface area contributed by atoms with Crippen LogP contribution in [0, 0.1) is 0 Å². The Balaban J connectivity index is 2.37. The SMILES string of the molecule is COc1ccc2ccccc2c1[C@@H](N)CCCCN. The number of fused-ring (bicyclic) bond motifs is 1. The van der Waals surface area contributed by atoms with Gasteiger partial charge >= 0.3 is 0 Å². The van der Waals surface area contributed by atoms with Gasteiger partial charge in [-0.3, -0.25) is 0 Å². The van der Waals surface area contributed by atoms with Crippen LogP contribution in [0.25, 0.3) is 10.8 Å². The van der Waals surface area contributed by atoms with Crippen molar-refractivity contribution in [2.75, 3.05) is 13.7 Å². The van der Waals surface area contributed by atoms with Crippen molar-refractivity contribution in [3.63, 3.8) is 0 Å². The average Bonchev–Trinajstić information content (AvgIpc) is 2.46. The van der Waals surface area contributed by atoms with E-state index < -0.39 is 0 Å². The van der Waals surface area contributed by atoms with Crippen molar-refractivity contribution in [3.05, 3.63) is 42.0 Å². The molecule has 0 spiro atoms. The first-order valence-corrected chi connectivity index (χ1v) is 6.79. The molecule has 0 bridgehead atoms. The molecule has 2 rings (SSSR count). The number of hydrogen-bond acceptors (Lipinski definition) is 3. The van der Waals surface area contributed by atoms with Crippen LogP contribution < -0.4 is 16.2 Å². The lowest BCUT2D eigenvalue weighted by Crippen LogP contribution is -2.13. The van der Waals surface area contributed by atoms with E-state index >= 15 is 0 Å². The van der Waals surface area contributed by atoms with Gasteiger partial charge in [0.1, 0.15) is 5.75 Å². The highest BCUT2D eigenvalue weighted by molar-refractivity contribution is 5.88. The molecule has 3 nitrogen and oxygen atoms in total. The molecule has 0 aromatic heterocycles. The second-order valence-corrected chi connectivity index (χ2v) is 4.79. The third kappa shape index (κ3) is 3.06. The molecule has 0 heterocycles. The smallest absolute Gasteiger partial charge is 0.124 e. The first-order chi connectivity index (χ1) is 9.27. The van der Waals surface area contributed by atoms with Crippen molar-refractivity contribution in [2.24, 2.45) is 11.5 Å². The number of rotatable bonds is 6. The minimum Gasteiger partial charge on any atom is -0.496 e. The van der Waals surface area contributed by atoms with E-state index in [1.165, 1.54) is 10.8 Å². The lowest BCUT2D eigenvalue weighted by atomic mass is 9.95. The van der Waals surface area contributed by atoms with Gasteiger partial charge in [-0.25, -0.2) is 0 Å². The van der Waals surface area contributed by atoms with E-state index in [2.05, 4.69) is 18.2 Å². The molecule has 0 aliphatic heterocycles.